The van der Waals surface area contributed by atoms with Gasteiger partial charge in [-0.2, -0.15) is 5.10 Å². The second-order valence-corrected chi connectivity index (χ2v) is 8.88. The maximum atomic E-state index is 11.8. The van der Waals surface area contributed by atoms with E-state index in [4.69, 9.17) is 0 Å². The third kappa shape index (κ3) is 3.51. The normalized spacial score (nSPS) is 19.7. The number of sulfone groups is 1. The van der Waals surface area contributed by atoms with E-state index in [1.807, 2.05) is 12.4 Å². The number of carboxylic acid groups (broad SMARTS) is 1. The lowest BCUT2D eigenvalue weighted by Crippen LogP contribution is -2.43. The predicted octanol–water partition coefficient (Wildman–Crippen LogP) is 2.21. The highest BCUT2D eigenvalue weighted by Gasteiger charge is 2.43. The maximum Gasteiger partial charge on any atom is 0.324 e. The summed E-state index contributed by atoms with van der Waals surface area (Å²) in [6.45, 7) is 1.54. The molecule has 124 valence electrons. The third-order valence-corrected chi connectivity index (χ3v) is 6.83. The highest BCUT2D eigenvalue weighted by atomic mass is 32.2. The van der Waals surface area contributed by atoms with Gasteiger partial charge in [0.1, 0.15) is 0 Å². The van der Waals surface area contributed by atoms with Gasteiger partial charge in [0.2, 0.25) is 0 Å². The molecule has 1 heterocycles. The molecule has 1 atom stereocenters. The standard InChI is InChI=1S/C15H24N2O4S/c1-15(14(18)19,22(2,20)21)8-9-17-11-13(10-16-17)12-6-4-3-5-7-12/h10-12H,3-9H2,1-2H3,(H,18,19). The average Bonchev–Trinajstić information content (AvgIpc) is 2.93. The molecule has 2 rings (SSSR count). The van der Waals surface area contributed by atoms with Crippen molar-refractivity contribution >= 4 is 15.8 Å². The summed E-state index contributed by atoms with van der Waals surface area (Å²) in [6.07, 6.45) is 10.8. The summed E-state index contributed by atoms with van der Waals surface area (Å²) in [6, 6.07) is 0. The first-order chi connectivity index (χ1) is 10.2. The van der Waals surface area contributed by atoms with Gasteiger partial charge in [-0.05, 0) is 37.7 Å². The second kappa shape index (κ2) is 6.40. The Morgan fingerprint density at radius 3 is 2.59 bits per heavy atom. The zero-order chi connectivity index (χ0) is 16.4. The average molecular weight is 328 g/mol. The molecule has 0 radical (unpaired) electrons. The molecule has 0 spiro atoms. The van der Waals surface area contributed by atoms with Crippen LogP contribution in [-0.2, 0) is 21.2 Å². The molecule has 1 aromatic heterocycles. The van der Waals surface area contributed by atoms with E-state index in [-0.39, 0.29) is 13.0 Å². The molecule has 1 aliphatic carbocycles. The van der Waals surface area contributed by atoms with Crippen molar-refractivity contribution in [1.29, 1.82) is 0 Å². The number of carbonyl (C=O) groups is 1. The summed E-state index contributed by atoms with van der Waals surface area (Å²) in [5.74, 6) is -0.780. The molecule has 0 aliphatic heterocycles. The van der Waals surface area contributed by atoms with Crippen LogP contribution in [0.5, 0.6) is 0 Å². The molecule has 0 amide bonds. The van der Waals surface area contributed by atoms with E-state index >= 15 is 0 Å². The van der Waals surface area contributed by atoms with Crippen molar-refractivity contribution in [3.05, 3.63) is 18.0 Å². The van der Waals surface area contributed by atoms with Crippen molar-refractivity contribution in [2.45, 2.75) is 62.7 Å². The number of hydrogen-bond donors (Lipinski definition) is 1. The SMILES string of the molecule is CC(CCn1cc(C2CCCCC2)cn1)(C(=O)O)S(C)(=O)=O. The Morgan fingerprint density at radius 2 is 2.05 bits per heavy atom. The van der Waals surface area contributed by atoms with Gasteiger partial charge in [-0.1, -0.05) is 19.3 Å². The summed E-state index contributed by atoms with van der Waals surface area (Å²) in [5, 5.41) is 13.5. The van der Waals surface area contributed by atoms with Gasteiger partial charge in [0.25, 0.3) is 0 Å². The van der Waals surface area contributed by atoms with Crippen molar-refractivity contribution in [2.75, 3.05) is 6.26 Å². The summed E-state index contributed by atoms with van der Waals surface area (Å²) in [4.78, 5) is 11.3. The third-order valence-electron chi connectivity index (χ3n) is 4.82. The van der Waals surface area contributed by atoms with Crippen LogP contribution >= 0.6 is 0 Å². The van der Waals surface area contributed by atoms with E-state index in [1.54, 1.807) is 4.68 Å². The Hall–Kier alpha value is -1.37. The van der Waals surface area contributed by atoms with E-state index in [2.05, 4.69) is 5.10 Å². The number of aliphatic carboxylic acids is 1. The fourth-order valence-corrected chi connectivity index (χ4v) is 3.71. The lowest BCUT2D eigenvalue weighted by molar-refractivity contribution is -0.139. The molecule has 22 heavy (non-hydrogen) atoms. The number of nitrogens with zero attached hydrogens (tertiary/aromatic N) is 2. The highest BCUT2D eigenvalue weighted by molar-refractivity contribution is 7.92. The molecule has 7 heteroatoms. The molecule has 1 unspecified atom stereocenters. The summed E-state index contributed by atoms with van der Waals surface area (Å²) in [7, 11) is -3.69. The molecule has 1 fully saturated rings. The van der Waals surface area contributed by atoms with Crippen LogP contribution in [-0.4, -0.2) is 40.3 Å². The van der Waals surface area contributed by atoms with Crippen LogP contribution in [0, 0.1) is 0 Å². The topological polar surface area (TPSA) is 89.3 Å². The van der Waals surface area contributed by atoms with Crippen molar-refractivity contribution in [3.63, 3.8) is 0 Å². The molecule has 1 N–H and O–H groups in total. The molecule has 1 aromatic rings. The minimum Gasteiger partial charge on any atom is -0.480 e. The Balaban J connectivity index is 2.05. The predicted molar refractivity (Wildman–Crippen MR) is 83.6 cm³/mol. The summed E-state index contributed by atoms with van der Waals surface area (Å²) in [5.41, 5.74) is 1.18. The van der Waals surface area contributed by atoms with Crippen LogP contribution in [0.2, 0.25) is 0 Å². The number of rotatable bonds is 6. The van der Waals surface area contributed by atoms with Gasteiger partial charge in [0.15, 0.2) is 14.6 Å². The van der Waals surface area contributed by atoms with E-state index < -0.39 is 20.6 Å². The van der Waals surface area contributed by atoms with Crippen molar-refractivity contribution in [2.24, 2.45) is 0 Å². The van der Waals surface area contributed by atoms with E-state index in [0.29, 0.717) is 5.92 Å². The van der Waals surface area contributed by atoms with Gasteiger partial charge < -0.3 is 5.11 Å². The Bertz CT molecular complexity index is 632. The maximum absolute atomic E-state index is 11.8. The first-order valence-corrected chi connectivity index (χ1v) is 9.58. The molecule has 0 bridgehead atoms. The minimum atomic E-state index is -3.69. The molecular formula is C15H24N2O4S. The second-order valence-electron chi connectivity index (χ2n) is 6.43. The van der Waals surface area contributed by atoms with Crippen molar-refractivity contribution in [3.8, 4) is 0 Å². The van der Waals surface area contributed by atoms with Crippen LogP contribution < -0.4 is 0 Å². The van der Waals surface area contributed by atoms with E-state index in [0.717, 1.165) is 6.26 Å². The van der Waals surface area contributed by atoms with Gasteiger partial charge in [-0.25, -0.2) is 8.42 Å². The van der Waals surface area contributed by atoms with Gasteiger partial charge >= 0.3 is 5.97 Å². The fourth-order valence-electron chi connectivity index (χ4n) is 2.93. The molecular weight excluding hydrogens is 304 g/mol. The number of aromatic nitrogens is 2. The van der Waals surface area contributed by atoms with Crippen LogP contribution in [0.25, 0.3) is 0 Å². The van der Waals surface area contributed by atoms with E-state index in [1.165, 1.54) is 44.6 Å². The lowest BCUT2D eigenvalue weighted by Gasteiger charge is -2.22. The van der Waals surface area contributed by atoms with Crippen LogP contribution in [0.3, 0.4) is 0 Å². The number of hydrogen-bond acceptors (Lipinski definition) is 4. The summed E-state index contributed by atoms with van der Waals surface area (Å²) >= 11 is 0. The Labute approximate surface area is 131 Å². The lowest BCUT2D eigenvalue weighted by atomic mass is 9.86. The molecule has 1 aliphatic rings. The quantitative estimate of drug-likeness (QED) is 0.865. The Morgan fingerprint density at radius 1 is 1.41 bits per heavy atom. The molecule has 0 aromatic carbocycles. The Kier molecular flexibility index (Phi) is 4.94. The van der Waals surface area contributed by atoms with Gasteiger partial charge in [0, 0.05) is 19.0 Å². The molecule has 0 saturated heterocycles. The van der Waals surface area contributed by atoms with Gasteiger partial charge in [-0.15, -0.1) is 0 Å². The molecule has 1 saturated carbocycles. The largest absolute Gasteiger partial charge is 0.480 e. The summed E-state index contributed by atoms with van der Waals surface area (Å²) < 4.78 is 23.4. The number of aryl methyl sites for hydroxylation is 1. The zero-order valence-electron chi connectivity index (χ0n) is 13.2. The smallest absolute Gasteiger partial charge is 0.324 e. The van der Waals surface area contributed by atoms with E-state index in [9.17, 15) is 18.3 Å². The number of carboxylic acids is 1. The molecule has 6 nitrogen and oxygen atoms in total. The first kappa shape index (κ1) is 17.0. The minimum absolute atomic E-state index is 0.00690. The van der Waals surface area contributed by atoms with Crippen LogP contribution in [0.4, 0.5) is 0 Å². The van der Waals surface area contributed by atoms with Crippen LogP contribution in [0.1, 0.15) is 56.9 Å². The monoisotopic (exact) mass is 328 g/mol. The van der Waals surface area contributed by atoms with Crippen LogP contribution in [0.15, 0.2) is 12.4 Å². The zero-order valence-corrected chi connectivity index (χ0v) is 14.0. The van der Waals surface area contributed by atoms with Gasteiger partial charge in [0.05, 0.1) is 6.20 Å². The first-order valence-electron chi connectivity index (χ1n) is 7.69. The highest BCUT2D eigenvalue weighted by Crippen LogP contribution is 2.32. The van der Waals surface area contributed by atoms with Crippen molar-refractivity contribution in [1.82, 2.24) is 9.78 Å². The fraction of sp³-hybridized carbons (Fsp3) is 0.733. The van der Waals surface area contributed by atoms with Gasteiger partial charge in [-0.3, -0.25) is 9.48 Å². The van der Waals surface area contributed by atoms with Crippen molar-refractivity contribution < 1.29 is 18.3 Å².